The molecule has 0 amide bonds. The van der Waals surface area contributed by atoms with Crippen molar-refractivity contribution in [1.82, 2.24) is 0 Å². The average molecular weight is 386 g/mol. The molecule has 0 saturated heterocycles. The van der Waals surface area contributed by atoms with Gasteiger partial charge in [-0.15, -0.1) is 0 Å². The Labute approximate surface area is 166 Å². The minimum absolute atomic E-state index is 0.0734. The number of rotatable bonds is 8. The second kappa shape index (κ2) is 10.0. The monoisotopic (exact) mass is 386 g/mol. The van der Waals surface area contributed by atoms with Gasteiger partial charge in [0.1, 0.15) is 24.7 Å². The van der Waals surface area contributed by atoms with Gasteiger partial charge in [0, 0.05) is 11.1 Å². The van der Waals surface area contributed by atoms with E-state index in [1.54, 1.807) is 12.1 Å². The van der Waals surface area contributed by atoms with Crippen LogP contribution < -0.4 is 0 Å². The molecule has 0 unspecified atom stereocenters. The standard InChI is InChI=1S/C23H30O5/c1-15(2)11-17-7-5-9-19(21(17)24)13-27-23(26)28-14-20-10-6-8-18(22(20)25)12-16(3)4/h5-10,15-16,24-25H,11-14H2,1-4H3. The third-order valence-electron chi connectivity index (χ3n) is 4.35. The van der Waals surface area contributed by atoms with Gasteiger partial charge >= 0.3 is 6.16 Å². The predicted molar refractivity (Wildman–Crippen MR) is 108 cm³/mol. The molecule has 0 spiro atoms. The Morgan fingerprint density at radius 3 is 1.46 bits per heavy atom. The quantitative estimate of drug-likeness (QED) is 0.598. The highest BCUT2D eigenvalue weighted by atomic mass is 16.7. The summed E-state index contributed by atoms with van der Waals surface area (Å²) in [7, 11) is 0. The fourth-order valence-electron chi connectivity index (χ4n) is 3.05. The lowest BCUT2D eigenvalue weighted by Gasteiger charge is -2.13. The SMILES string of the molecule is CC(C)Cc1cccc(COC(=O)OCc2cccc(CC(C)C)c2O)c1O. The van der Waals surface area contributed by atoms with E-state index in [9.17, 15) is 15.0 Å². The van der Waals surface area contributed by atoms with Gasteiger partial charge in [-0.3, -0.25) is 0 Å². The largest absolute Gasteiger partial charge is 0.508 e. The van der Waals surface area contributed by atoms with E-state index in [1.807, 2.05) is 24.3 Å². The molecule has 0 saturated carbocycles. The van der Waals surface area contributed by atoms with Crippen molar-refractivity contribution in [3.8, 4) is 11.5 Å². The first-order chi connectivity index (χ1) is 13.3. The van der Waals surface area contributed by atoms with Crippen LogP contribution in [0.25, 0.3) is 0 Å². The molecule has 0 aliphatic heterocycles. The molecule has 2 aromatic carbocycles. The van der Waals surface area contributed by atoms with E-state index in [2.05, 4.69) is 27.7 Å². The first kappa shape index (κ1) is 21.6. The van der Waals surface area contributed by atoms with Crippen molar-refractivity contribution in [1.29, 1.82) is 0 Å². The highest BCUT2D eigenvalue weighted by Crippen LogP contribution is 2.27. The van der Waals surface area contributed by atoms with E-state index in [4.69, 9.17) is 9.47 Å². The maximum atomic E-state index is 11.9. The van der Waals surface area contributed by atoms with Crippen molar-refractivity contribution in [2.24, 2.45) is 11.8 Å². The second-order valence-corrected chi connectivity index (χ2v) is 7.87. The van der Waals surface area contributed by atoms with Gasteiger partial charge in [0.25, 0.3) is 0 Å². The van der Waals surface area contributed by atoms with E-state index in [-0.39, 0.29) is 24.7 Å². The second-order valence-electron chi connectivity index (χ2n) is 7.87. The predicted octanol–water partition coefficient (Wildman–Crippen LogP) is 5.35. The third kappa shape index (κ3) is 6.19. The molecule has 0 aliphatic rings. The topological polar surface area (TPSA) is 76.0 Å². The van der Waals surface area contributed by atoms with Gasteiger partial charge in [-0.25, -0.2) is 4.79 Å². The summed E-state index contributed by atoms with van der Waals surface area (Å²) >= 11 is 0. The molecule has 152 valence electrons. The van der Waals surface area contributed by atoms with Gasteiger partial charge in [-0.1, -0.05) is 64.1 Å². The van der Waals surface area contributed by atoms with Crippen LogP contribution >= 0.6 is 0 Å². The van der Waals surface area contributed by atoms with Crippen molar-refractivity contribution in [2.45, 2.75) is 53.8 Å². The summed E-state index contributed by atoms with van der Waals surface area (Å²) in [5.41, 5.74) is 2.74. The summed E-state index contributed by atoms with van der Waals surface area (Å²) in [4.78, 5) is 11.9. The molecule has 0 aromatic heterocycles. The number of para-hydroxylation sites is 2. The molecule has 28 heavy (non-hydrogen) atoms. The number of aromatic hydroxyl groups is 2. The smallest absolute Gasteiger partial charge is 0.507 e. The molecular formula is C23H30O5. The Morgan fingerprint density at radius 1 is 0.750 bits per heavy atom. The number of phenols is 2. The minimum Gasteiger partial charge on any atom is -0.507 e. The molecule has 5 heteroatoms. The molecule has 0 atom stereocenters. The maximum absolute atomic E-state index is 11.9. The van der Waals surface area contributed by atoms with Crippen molar-refractivity contribution in [3.63, 3.8) is 0 Å². The Bertz CT molecular complexity index is 730. The van der Waals surface area contributed by atoms with Crippen LogP contribution in [-0.2, 0) is 35.5 Å². The van der Waals surface area contributed by atoms with Gasteiger partial charge in [0.2, 0.25) is 0 Å². The van der Waals surface area contributed by atoms with Crippen LogP contribution in [0, 0.1) is 11.8 Å². The molecule has 5 nitrogen and oxygen atoms in total. The molecule has 0 aliphatic carbocycles. The molecule has 2 rings (SSSR count). The number of benzene rings is 2. The minimum atomic E-state index is -0.845. The number of hydrogen-bond donors (Lipinski definition) is 2. The van der Waals surface area contributed by atoms with Crippen molar-refractivity contribution >= 4 is 6.16 Å². The summed E-state index contributed by atoms with van der Waals surface area (Å²) < 4.78 is 10.2. The molecule has 0 fully saturated rings. The first-order valence-corrected chi connectivity index (χ1v) is 9.67. The molecule has 0 bridgehead atoms. The fourth-order valence-corrected chi connectivity index (χ4v) is 3.05. The average Bonchev–Trinajstić information content (AvgIpc) is 2.62. The molecular weight excluding hydrogens is 356 g/mol. The third-order valence-corrected chi connectivity index (χ3v) is 4.35. The Morgan fingerprint density at radius 2 is 1.11 bits per heavy atom. The number of carbonyl (C=O) groups is 1. The van der Waals surface area contributed by atoms with Crippen molar-refractivity contribution < 1.29 is 24.5 Å². The number of ether oxygens (including phenoxy) is 2. The van der Waals surface area contributed by atoms with Crippen LogP contribution in [0.2, 0.25) is 0 Å². The fraction of sp³-hybridized carbons (Fsp3) is 0.435. The lowest BCUT2D eigenvalue weighted by atomic mass is 10.00. The number of carbonyl (C=O) groups excluding carboxylic acids is 1. The van der Waals surface area contributed by atoms with E-state index >= 15 is 0 Å². The van der Waals surface area contributed by atoms with E-state index in [0.29, 0.717) is 23.0 Å². The Hall–Kier alpha value is -2.69. The van der Waals surface area contributed by atoms with Crippen LogP contribution in [-0.4, -0.2) is 16.4 Å². The van der Waals surface area contributed by atoms with Crippen LogP contribution in [0.3, 0.4) is 0 Å². The number of phenolic OH excluding ortho intramolecular Hbond substituents is 2. The van der Waals surface area contributed by atoms with E-state index in [1.165, 1.54) is 0 Å². The highest BCUT2D eigenvalue weighted by Gasteiger charge is 2.14. The summed E-state index contributed by atoms with van der Waals surface area (Å²) in [6.45, 7) is 8.15. The zero-order valence-electron chi connectivity index (χ0n) is 17.1. The van der Waals surface area contributed by atoms with Gasteiger partial charge < -0.3 is 19.7 Å². The van der Waals surface area contributed by atoms with Gasteiger partial charge in [0.05, 0.1) is 0 Å². The molecule has 0 heterocycles. The van der Waals surface area contributed by atoms with Crippen LogP contribution in [0.5, 0.6) is 11.5 Å². The molecule has 0 radical (unpaired) electrons. The zero-order valence-corrected chi connectivity index (χ0v) is 17.1. The van der Waals surface area contributed by atoms with Crippen molar-refractivity contribution in [3.05, 3.63) is 58.7 Å². The van der Waals surface area contributed by atoms with Crippen molar-refractivity contribution in [2.75, 3.05) is 0 Å². The summed E-state index contributed by atoms with van der Waals surface area (Å²) in [6, 6.07) is 10.8. The van der Waals surface area contributed by atoms with Crippen LogP contribution in [0.15, 0.2) is 36.4 Å². The lowest BCUT2D eigenvalue weighted by molar-refractivity contribution is 0.0438. The normalized spacial score (nSPS) is 11.1. The van der Waals surface area contributed by atoms with Gasteiger partial charge in [-0.2, -0.15) is 0 Å². The summed E-state index contributed by atoms with van der Waals surface area (Å²) in [5, 5.41) is 20.7. The van der Waals surface area contributed by atoms with E-state index in [0.717, 1.165) is 24.0 Å². The lowest BCUT2D eigenvalue weighted by Crippen LogP contribution is -2.08. The molecule has 2 aromatic rings. The summed E-state index contributed by atoms with van der Waals surface area (Å²) in [6.07, 6.45) is 0.647. The van der Waals surface area contributed by atoms with E-state index < -0.39 is 6.16 Å². The Balaban J connectivity index is 1.92. The Kier molecular flexibility index (Phi) is 7.73. The highest BCUT2D eigenvalue weighted by molar-refractivity contribution is 5.60. The maximum Gasteiger partial charge on any atom is 0.508 e. The van der Waals surface area contributed by atoms with Gasteiger partial charge in [-0.05, 0) is 35.8 Å². The number of hydrogen-bond acceptors (Lipinski definition) is 5. The molecule has 2 N–H and O–H groups in total. The van der Waals surface area contributed by atoms with Gasteiger partial charge in [0.15, 0.2) is 0 Å². The van der Waals surface area contributed by atoms with Crippen LogP contribution in [0.4, 0.5) is 4.79 Å². The summed E-state index contributed by atoms with van der Waals surface area (Å²) in [5.74, 6) is 1.13. The zero-order chi connectivity index (χ0) is 20.7. The van der Waals surface area contributed by atoms with Crippen LogP contribution in [0.1, 0.15) is 49.9 Å². The first-order valence-electron chi connectivity index (χ1n) is 9.67.